The summed E-state index contributed by atoms with van der Waals surface area (Å²) in [6.45, 7) is 2.74. The van der Waals surface area contributed by atoms with E-state index in [4.69, 9.17) is 0 Å². The molecule has 1 aromatic heterocycles. The minimum Gasteiger partial charge on any atom is -0.435 e. The summed E-state index contributed by atoms with van der Waals surface area (Å²) in [5.41, 5.74) is 0.703. The highest BCUT2D eigenvalue weighted by molar-refractivity contribution is 5.85. The highest BCUT2D eigenvalue weighted by atomic mass is 35.5. The number of halogens is 3. The average Bonchev–Trinajstić information content (AvgIpc) is 2.98. The Hall–Kier alpha value is -1.84. The van der Waals surface area contributed by atoms with Gasteiger partial charge in [0.15, 0.2) is 5.82 Å². The third-order valence-corrected chi connectivity index (χ3v) is 3.82. The summed E-state index contributed by atoms with van der Waals surface area (Å²) in [5, 5.41) is 15.1. The van der Waals surface area contributed by atoms with Gasteiger partial charge in [-0.1, -0.05) is 0 Å². The van der Waals surface area contributed by atoms with E-state index in [1.165, 1.54) is 12.1 Å². The largest absolute Gasteiger partial charge is 0.435 e. The van der Waals surface area contributed by atoms with Crippen LogP contribution < -0.4 is 10.1 Å². The van der Waals surface area contributed by atoms with Crippen molar-refractivity contribution in [2.75, 3.05) is 19.6 Å². The van der Waals surface area contributed by atoms with Crippen LogP contribution in [0.3, 0.4) is 0 Å². The van der Waals surface area contributed by atoms with Gasteiger partial charge in [0.2, 0.25) is 0 Å². The van der Waals surface area contributed by atoms with Crippen molar-refractivity contribution in [2.24, 2.45) is 0 Å². The van der Waals surface area contributed by atoms with Crippen LogP contribution in [0.4, 0.5) is 8.78 Å². The van der Waals surface area contributed by atoms with Crippen LogP contribution in [0.2, 0.25) is 0 Å². The van der Waals surface area contributed by atoms with Gasteiger partial charge in [0.25, 0.3) is 0 Å². The molecular weight excluding hydrogens is 342 g/mol. The molecule has 1 aromatic carbocycles. The van der Waals surface area contributed by atoms with E-state index in [9.17, 15) is 8.78 Å². The molecule has 1 N–H and O–H groups in total. The predicted octanol–water partition coefficient (Wildman–Crippen LogP) is 1.48. The summed E-state index contributed by atoms with van der Waals surface area (Å²) in [4.78, 5) is 2.30. The first-order valence-corrected chi connectivity index (χ1v) is 7.41. The molecule has 10 heteroatoms. The first-order chi connectivity index (χ1) is 11.1. The average molecular weight is 361 g/mol. The number of tetrazole rings is 1. The summed E-state index contributed by atoms with van der Waals surface area (Å²) in [7, 11) is 0. The summed E-state index contributed by atoms with van der Waals surface area (Å²) in [6.07, 6.45) is 0. The highest BCUT2D eigenvalue weighted by Gasteiger charge is 2.21. The predicted molar refractivity (Wildman–Crippen MR) is 85.8 cm³/mol. The molecule has 7 nitrogen and oxygen atoms in total. The van der Waals surface area contributed by atoms with Gasteiger partial charge in [-0.2, -0.15) is 13.5 Å². The van der Waals surface area contributed by atoms with E-state index >= 15 is 0 Å². The van der Waals surface area contributed by atoms with Crippen molar-refractivity contribution in [2.45, 2.75) is 26.1 Å². The normalized spacial score (nSPS) is 18.4. The van der Waals surface area contributed by atoms with E-state index < -0.39 is 6.61 Å². The maximum atomic E-state index is 12.2. The zero-order chi connectivity index (χ0) is 16.2. The molecule has 0 unspecified atom stereocenters. The number of alkyl halides is 2. The lowest BCUT2D eigenvalue weighted by Gasteiger charge is -2.33. The van der Waals surface area contributed by atoms with Crippen LogP contribution in [0.15, 0.2) is 24.3 Å². The van der Waals surface area contributed by atoms with Gasteiger partial charge in [-0.25, -0.2) is 0 Å². The van der Waals surface area contributed by atoms with Crippen LogP contribution in [-0.2, 0) is 6.54 Å². The summed E-state index contributed by atoms with van der Waals surface area (Å²) in [6, 6.07) is 6.65. The van der Waals surface area contributed by atoms with Gasteiger partial charge in [0.05, 0.1) is 12.2 Å². The number of benzene rings is 1. The van der Waals surface area contributed by atoms with E-state index in [-0.39, 0.29) is 18.2 Å². The number of ether oxygens (including phenoxy) is 1. The lowest BCUT2D eigenvalue weighted by Crippen LogP contribution is -2.49. The number of nitrogens with zero attached hydrogens (tertiary/aromatic N) is 5. The maximum Gasteiger partial charge on any atom is 0.387 e. The molecule has 0 spiro atoms. The number of rotatable bonds is 5. The molecular formula is C14H19ClF2N6O. The molecule has 1 fully saturated rings. The van der Waals surface area contributed by atoms with Crippen LogP contribution in [-0.4, -0.2) is 57.4 Å². The van der Waals surface area contributed by atoms with Crippen molar-refractivity contribution >= 4 is 12.4 Å². The Labute approximate surface area is 144 Å². The van der Waals surface area contributed by atoms with E-state index in [2.05, 4.69) is 37.4 Å². The fraction of sp³-hybridized carbons (Fsp3) is 0.500. The van der Waals surface area contributed by atoms with Gasteiger partial charge >= 0.3 is 6.61 Å². The second-order valence-corrected chi connectivity index (χ2v) is 5.40. The second-order valence-electron chi connectivity index (χ2n) is 5.40. The van der Waals surface area contributed by atoms with Crippen LogP contribution in [0.25, 0.3) is 5.69 Å². The number of aromatic nitrogens is 4. The fourth-order valence-electron chi connectivity index (χ4n) is 2.57. The van der Waals surface area contributed by atoms with Crippen LogP contribution in [0.1, 0.15) is 12.7 Å². The van der Waals surface area contributed by atoms with Crippen LogP contribution in [0.5, 0.6) is 5.75 Å². The molecule has 2 heterocycles. The third-order valence-electron chi connectivity index (χ3n) is 3.82. The Bertz CT molecular complexity index is 638. The number of nitrogens with one attached hydrogen (secondary N) is 1. The number of piperazine rings is 1. The van der Waals surface area contributed by atoms with Crippen molar-refractivity contribution in [3.63, 3.8) is 0 Å². The van der Waals surface area contributed by atoms with Crippen molar-refractivity contribution in [1.29, 1.82) is 0 Å². The molecule has 1 aliphatic rings. The first-order valence-electron chi connectivity index (χ1n) is 7.41. The van der Waals surface area contributed by atoms with Crippen LogP contribution >= 0.6 is 12.4 Å². The van der Waals surface area contributed by atoms with Gasteiger partial charge in [0, 0.05) is 25.7 Å². The Morgan fingerprint density at radius 1 is 1.33 bits per heavy atom. The van der Waals surface area contributed by atoms with E-state index in [0.717, 1.165) is 19.6 Å². The SMILES string of the molecule is C[C@H]1CNCCN1Cc1nnnn1-c1ccc(OC(F)F)cc1.Cl. The van der Waals surface area contributed by atoms with E-state index in [1.54, 1.807) is 16.8 Å². The van der Waals surface area contributed by atoms with E-state index in [1.807, 2.05) is 0 Å². The van der Waals surface area contributed by atoms with E-state index in [0.29, 0.717) is 24.1 Å². The minimum atomic E-state index is -2.83. The molecule has 3 rings (SSSR count). The standard InChI is InChI=1S/C14H18F2N6O.ClH/c1-10-8-17-6-7-21(10)9-13-18-19-20-22(13)11-2-4-12(5-3-11)23-14(15)16;/h2-5,10,14,17H,6-9H2,1H3;1H/t10-;/m0./s1. The van der Waals surface area contributed by atoms with Crippen molar-refractivity contribution in [3.8, 4) is 11.4 Å². The molecule has 0 bridgehead atoms. The van der Waals surface area contributed by atoms with Crippen molar-refractivity contribution < 1.29 is 13.5 Å². The summed E-state index contributed by atoms with van der Waals surface area (Å²) >= 11 is 0. The van der Waals surface area contributed by atoms with Gasteiger partial charge in [-0.3, -0.25) is 4.90 Å². The molecule has 1 atom stereocenters. The Morgan fingerprint density at radius 3 is 2.75 bits per heavy atom. The van der Waals surface area contributed by atoms with Gasteiger partial charge in [0.1, 0.15) is 5.75 Å². The van der Waals surface area contributed by atoms with Gasteiger partial charge in [-0.05, 0) is 41.6 Å². The quantitative estimate of drug-likeness (QED) is 0.871. The second kappa shape index (κ2) is 8.32. The Morgan fingerprint density at radius 2 is 2.08 bits per heavy atom. The Balaban J connectivity index is 0.00000208. The molecule has 2 aromatic rings. The molecule has 1 saturated heterocycles. The molecule has 24 heavy (non-hydrogen) atoms. The maximum absolute atomic E-state index is 12.2. The first kappa shape index (κ1) is 18.5. The third kappa shape index (κ3) is 4.37. The van der Waals surface area contributed by atoms with Crippen LogP contribution in [0, 0.1) is 0 Å². The number of hydrogen-bond acceptors (Lipinski definition) is 6. The number of hydrogen-bond donors (Lipinski definition) is 1. The topological polar surface area (TPSA) is 68.1 Å². The molecule has 0 saturated carbocycles. The molecule has 0 amide bonds. The summed E-state index contributed by atoms with van der Waals surface area (Å²) < 4.78 is 30.3. The van der Waals surface area contributed by atoms with Gasteiger partial charge in [-0.15, -0.1) is 17.5 Å². The lowest BCUT2D eigenvalue weighted by molar-refractivity contribution is -0.0498. The fourth-order valence-corrected chi connectivity index (χ4v) is 2.57. The zero-order valence-corrected chi connectivity index (χ0v) is 13.9. The Kier molecular flexibility index (Phi) is 6.41. The highest BCUT2D eigenvalue weighted by Crippen LogP contribution is 2.18. The molecule has 132 valence electrons. The smallest absolute Gasteiger partial charge is 0.387 e. The molecule has 1 aliphatic heterocycles. The minimum absolute atomic E-state index is 0. The monoisotopic (exact) mass is 360 g/mol. The lowest BCUT2D eigenvalue weighted by atomic mass is 10.2. The van der Waals surface area contributed by atoms with Crippen molar-refractivity contribution in [1.82, 2.24) is 30.4 Å². The molecule has 0 radical (unpaired) electrons. The summed E-state index contributed by atoms with van der Waals surface area (Å²) in [5.74, 6) is 0.815. The van der Waals surface area contributed by atoms with Gasteiger partial charge < -0.3 is 10.1 Å². The molecule has 0 aliphatic carbocycles. The van der Waals surface area contributed by atoms with Crippen molar-refractivity contribution in [3.05, 3.63) is 30.1 Å². The zero-order valence-electron chi connectivity index (χ0n) is 13.1.